The van der Waals surface area contributed by atoms with E-state index in [1.54, 1.807) is 49.4 Å². The number of nitrogens with one attached hydrogen (secondary N) is 1. The van der Waals surface area contributed by atoms with Crippen molar-refractivity contribution in [3.05, 3.63) is 48.5 Å². The lowest BCUT2D eigenvalue weighted by atomic mass is 10.2. The maximum atomic E-state index is 12.6. The molecule has 0 spiro atoms. The van der Waals surface area contributed by atoms with Gasteiger partial charge in [-0.2, -0.15) is 0 Å². The summed E-state index contributed by atoms with van der Waals surface area (Å²) in [6, 6.07) is 14.0. The summed E-state index contributed by atoms with van der Waals surface area (Å²) >= 11 is 0. The van der Waals surface area contributed by atoms with E-state index in [4.69, 9.17) is 4.74 Å². The molecule has 0 saturated heterocycles. The summed E-state index contributed by atoms with van der Waals surface area (Å²) in [7, 11) is 1.53. The summed E-state index contributed by atoms with van der Waals surface area (Å²) in [4.78, 5) is 12.6. The summed E-state index contributed by atoms with van der Waals surface area (Å²) in [6.45, 7) is 2.04. The second-order valence-corrected chi connectivity index (χ2v) is 5.72. The Morgan fingerprint density at radius 3 is 2.50 bits per heavy atom. The molecule has 0 bridgehead atoms. The first-order valence-corrected chi connectivity index (χ1v) is 8.26. The zero-order valence-corrected chi connectivity index (χ0v) is 14.6. The number of amides is 1. The van der Waals surface area contributed by atoms with Gasteiger partial charge in [0.05, 0.1) is 12.8 Å². The third kappa shape index (κ3) is 3.11. The van der Waals surface area contributed by atoms with Crippen molar-refractivity contribution in [3.8, 4) is 17.6 Å². The molecule has 0 fully saturated rings. The monoisotopic (exact) mass is 355 g/mol. The van der Waals surface area contributed by atoms with E-state index in [0.29, 0.717) is 28.9 Å². The van der Waals surface area contributed by atoms with Crippen LogP contribution in [0.4, 0.5) is 5.69 Å². The average Bonchev–Trinajstić information content (AvgIpc) is 2.66. The first-order chi connectivity index (χ1) is 12.6. The van der Waals surface area contributed by atoms with Crippen LogP contribution in [0.1, 0.15) is 6.92 Å². The van der Waals surface area contributed by atoms with Gasteiger partial charge in [-0.25, -0.2) is 0 Å². The number of hydrogen-bond donors (Lipinski definition) is 3. The number of nitrogens with zero attached hydrogens (tertiary/aromatic N) is 2. The zero-order valence-electron chi connectivity index (χ0n) is 14.6. The van der Waals surface area contributed by atoms with Crippen LogP contribution in [0.15, 0.2) is 48.5 Å². The number of rotatable bonds is 5. The number of benzene rings is 2. The fraction of sp³-hybridized carbons (Fsp3) is 0.211. The molecule has 3 N–H and O–H groups in total. The van der Waals surface area contributed by atoms with Crippen LogP contribution in [0.25, 0.3) is 10.9 Å². The highest BCUT2D eigenvalue weighted by molar-refractivity contribution is 5.91. The van der Waals surface area contributed by atoms with Crippen molar-refractivity contribution in [2.45, 2.75) is 20.0 Å². The zero-order chi connectivity index (χ0) is 18.7. The Balaban J connectivity index is 1.99. The Bertz CT molecular complexity index is 972. The standard InChI is InChI=1S/C19H19N3O4/c1-3-21-18(24)13-8-4-6-10-15(13)22(19(21)25)12-17(23)20-14-9-5-7-11-16(14)26-2/h4-11H,3,12H2,1-2H3,(H,20,23)/p+2. The third-order valence-corrected chi connectivity index (χ3v) is 4.17. The van der Waals surface area contributed by atoms with E-state index in [0.717, 1.165) is 0 Å². The van der Waals surface area contributed by atoms with Gasteiger partial charge in [0.1, 0.15) is 5.75 Å². The number of ether oxygens (including phenoxy) is 1. The number of hydrogen-bond acceptors (Lipinski definition) is 4. The molecular formula is C19H21N3O4+2. The van der Waals surface area contributed by atoms with E-state index in [1.165, 1.54) is 16.2 Å². The molecule has 1 aromatic heterocycles. The van der Waals surface area contributed by atoms with Gasteiger partial charge in [0.15, 0.2) is 11.9 Å². The SMILES string of the molecule is CC[n+]1c(O)c2ccccc2[n+](CC(=O)Nc2ccccc2OC)c1O. The Kier molecular flexibility index (Phi) is 4.88. The molecule has 0 radical (unpaired) electrons. The topological polar surface area (TPSA) is 86.6 Å². The first-order valence-electron chi connectivity index (χ1n) is 8.26. The molecule has 26 heavy (non-hydrogen) atoms. The van der Waals surface area contributed by atoms with Crippen LogP contribution < -0.4 is 19.2 Å². The van der Waals surface area contributed by atoms with E-state index < -0.39 is 0 Å². The molecule has 1 heterocycles. The third-order valence-electron chi connectivity index (χ3n) is 4.17. The predicted octanol–water partition coefficient (Wildman–Crippen LogP) is 1.49. The average molecular weight is 355 g/mol. The Labute approximate surface area is 150 Å². The Hall–Kier alpha value is -3.35. The van der Waals surface area contributed by atoms with Crippen molar-refractivity contribution in [3.63, 3.8) is 0 Å². The second kappa shape index (κ2) is 7.26. The minimum absolute atomic E-state index is 0.0398. The van der Waals surface area contributed by atoms with E-state index in [-0.39, 0.29) is 24.3 Å². The molecule has 2 aromatic carbocycles. The van der Waals surface area contributed by atoms with Gasteiger partial charge in [-0.15, -0.1) is 0 Å². The molecule has 0 atom stereocenters. The summed E-state index contributed by atoms with van der Waals surface area (Å²) < 4.78 is 8.04. The van der Waals surface area contributed by atoms with Crippen LogP contribution in [0.5, 0.6) is 17.6 Å². The lowest BCUT2D eigenvalue weighted by Gasteiger charge is -2.09. The Morgan fingerprint density at radius 1 is 1.08 bits per heavy atom. The van der Waals surface area contributed by atoms with Crippen molar-refractivity contribution < 1.29 is 28.9 Å². The number of para-hydroxylation sites is 3. The highest BCUT2D eigenvalue weighted by Crippen LogP contribution is 2.23. The highest BCUT2D eigenvalue weighted by Gasteiger charge is 2.33. The first kappa shape index (κ1) is 17.5. The van der Waals surface area contributed by atoms with E-state index in [1.807, 2.05) is 6.07 Å². The van der Waals surface area contributed by atoms with Gasteiger partial charge in [0, 0.05) is 6.07 Å². The van der Waals surface area contributed by atoms with Gasteiger partial charge in [-0.05, 0) is 25.1 Å². The van der Waals surface area contributed by atoms with Gasteiger partial charge in [0.2, 0.25) is 12.1 Å². The van der Waals surface area contributed by atoms with E-state index >= 15 is 0 Å². The van der Waals surface area contributed by atoms with Crippen molar-refractivity contribution in [1.29, 1.82) is 0 Å². The molecule has 7 heteroatoms. The number of fused-ring (bicyclic) bond motifs is 1. The van der Waals surface area contributed by atoms with Crippen molar-refractivity contribution >= 4 is 22.5 Å². The molecule has 134 valence electrons. The summed E-state index contributed by atoms with van der Waals surface area (Å²) in [5, 5.41) is 24.2. The second-order valence-electron chi connectivity index (χ2n) is 5.72. The molecule has 0 saturated carbocycles. The lowest BCUT2D eigenvalue weighted by Crippen LogP contribution is -2.50. The van der Waals surface area contributed by atoms with Gasteiger partial charge >= 0.3 is 11.9 Å². The molecule has 3 rings (SSSR count). The summed E-state index contributed by atoms with van der Waals surface area (Å²) in [6.07, 6.45) is 0. The number of aromatic hydroxyl groups is 2. The molecule has 0 aliphatic heterocycles. The fourth-order valence-corrected chi connectivity index (χ4v) is 2.92. The maximum absolute atomic E-state index is 12.6. The van der Waals surface area contributed by atoms with Crippen molar-refractivity contribution in [1.82, 2.24) is 0 Å². The number of methoxy groups -OCH3 is 1. The molecule has 0 aliphatic carbocycles. The van der Waals surface area contributed by atoms with Crippen LogP contribution in [0.2, 0.25) is 0 Å². The molecule has 7 nitrogen and oxygen atoms in total. The normalized spacial score (nSPS) is 10.7. The van der Waals surface area contributed by atoms with Gasteiger partial charge in [-0.1, -0.05) is 33.4 Å². The molecular weight excluding hydrogens is 334 g/mol. The van der Waals surface area contributed by atoms with Crippen LogP contribution in [-0.2, 0) is 17.9 Å². The fourth-order valence-electron chi connectivity index (χ4n) is 2.92. The van der Waals surface area contributed by atoms with Gasteiger partial charge in [-0.3, -0.25) is 4.79 Å². The largest absolute Gasteiger partial charge is 0.632 e. The maximum Gasteiger partial charge on any atom is 0.632 e. The lowest BCUT2D eigenvalue weighted by molar-refractivity contribution is -0.815. The molecule has 0 aliphatic rings. The quantitative estimate of drug-likeness (QED) is 0.605. The van der Waals surface area contributed by atoms with Crippen LogP contribution in [0.3, 0.4) is 0 Å². The number of anilines is 1. The predicted molar refractivity (Wildman–Crippen MR) is 95.0 cm³/mol. The van der Waals surface area contributed by atoms with Crippen LogP contribution in [0, 0.1) is 0 Å². The molecule has 3 aromatic rings. The minimum Gasteiger partial charge on any atom is -0.495 e. The summed E-state index contributed by atoms with van der Waals surface area (Å²) in [5.41, 5.74) is 1.11. The minimum atomic E-state index is -0.326. The van der Waals surface area contributed by atoms with Crippen LogP contribution >= 0.6 is 0 Å². The van der Waals surface area contributed by atoms with E-state index in [2.05, 4.69) is 5.32 Å². The van der Waals surface area contributed by atoms with Crippen LogP contribution in [-0.4, -0.2) is 23.2 Å². The van der Waals surface area contributed by atoms with Gasteiger partial charge < -0.3 is 20.3 Å². The van der Waals surface area contributed by atoms with Crippen molar-refractivity contribution in [2.75, 3.05) is 12.4 Å². The number of carbonyl (C=O) groups excluding carboxylic acids is 1. The highest BCUT2D eigenvalue weighted by atomic mass is 16.5. The Morgan fingerprint density at radius 2 is 1.77 bits per heavy atom. The van der Waals surface area contributed by atoms with Gasteiger partial charge in [0.25, 0.3) is 5.91 Å². The molecule has 0 unspecified atom stereocenters. The van der Waals surface area contributed by atoms with Crippen molar-refractivity contribution in [2.24, 2.45) is 0 Å². The smallest absolute Gasteiger partial charge is 0.495 e. The van der Waals surface area contributed by atoms with E-state index in [9.17, 15) is 15.0 Å². The number of carbonyl (C=O) groups is 1. The number of aromatic nitrogens is 2. The summed E-state index contributed by atoms with van der Waals surface area (Å²) in [5.74, 6) is 0.185. The molecule has 1 amide bonds.